The van der Waals surface area contributed by atoms with Gasteiger partial charge in [0.25, 0.3) is 5.56 Å². The van der Waals surface area contributed by atoms with Gasteiger partial charge in [-0.3, -0.25) is 13.9 Å². The molecule has 2 aromatic rings. The zero-order valence-corrected chi connectivity index (χ0v) is 23.2. The Morgan fingerprint density at radius 3 is 2.28 bits per heavy atom. The molecule has 5 atom stereocenters. The second kappa shape index (κ2) is 8.39. The molecule has 36 heavy (non-hydrogen) atoms. The van der Waals surface area contributed by atoms with Crippen LogP contribution in [0.15, 0.2) is 39.9 Å². The van der Waals surface area contributed by atoms with Crippen molar-refractivity contribution in [2.75, 3.05) is 7.11 Å². The van der Waals surface area contributed by atoms with Gasteiger partial charge in [0.15, 0.2) is 20.3 Å². The molecule has 0 unspecified atom stereocenters. The summed E-state index contributed by atoms with van der Waals surface area (Å²) < 4.78 is 33.7. The van der Waals surface area contributed by atoms with Crippen molar-refractivity contribution in [3.8, 4) is 5.75 Å². The first kappa shape index (κ1) is 25.4. The Kier molecular flexibility index (Phi) is 5.92. The van der Waals surface area contributed by atoms with Crippen molar-refractivity contribution < 1.29 is 23.4 Å². The van der Waals surface area contributed by atoms with Crippen molar-refractivity contribution in [3.05, 3.63) is 62.4 Å². The maximum absolute atomic E-state index is 13.9. The number of hydrogen-bond acceptors (Lipinski definition) is 7. The minimum absolute atomic E-state index is 0.0807. The third-order valence-electron chi connectivity index (χ3n) is 7.89. The summed E-state index contributed by atoms with van der Waals surface area (Å²) in [5.41, 5.74) is 0.514. The average molecular weight is 517 g/mol. The zero-order chi connectivity index (χ0) is 26.2. The molecule has 3 aliphatic rings. The van der Waals surface area contributed by atoms with Gasteiger partial charge in [0, 0.05) is 6.07 Å². The smallest absolute Gasteiger partial charge is 0.333 e. The van der Waals surface area contributed by atoms with Crippen molar-refractivity contribution in [2.24, 2.45) is 0 Å². The summed E-state index contributed by atoms with van der Waals surface area (Å²) in [5.74, 6) is -0.105. The lowest BCUT2D eigenvalue weighted by Crippen LogP contribution is -2.51. The molecule has 1 aromatic heterocycles. The number of fused-ring (bicyclic) bond motifs is 7. The van der Waals surface area contributed by atoms with Crippen molar-refractivity contribution in [3.63, 3.8) is 0 Å². The predicted octanol–water partition coefficient (Wildman–Crippen LogP) is 3.56. The predicted molar refractivity (Wildman–Crippen MR) is 136 cm³/mol. The van der Waals surface area contributed by atoms with Crippen LogP contribution in [0.5, 0.6) is 5.75 Å². The molecule has 5 rings (SSSR count). The van der Waals surface area contributed by atoms with Crippen LogP contribution in [-0.2, 0) is 25.2 Å². The fourth-order valence-corrected chi connectivity index (χ4v) is 6.24. The van der Waals surface area contributed by atoms with E-state index in [0.717, 1.165) is 5.56 Å². The van der Waals surface area contributed by atoms with Gasteiger partial charge in [-0.15, -0.1) is 0 Å². The quantitative estimate of drug-likeness (QED) is 0.562. The molecule has 0 aliphatic carbocycles. The van der Waals surface area contributed by atoms with E-state index in [1.807, 2.05) is 26.0 Å². The third kappa shape index (κ3) is 4.08. The monoisotopic (exact) mass is 516 g/mol. The minimum atomic E-state index is -2.31. The number of rotatable bonds is 5. The van der Waals surface area contributed by atoms with E-state index in [0.29, 0.717) is 11.4 Å². The minimum Gasteiger partial charge on any atom is -0.497 e. The van der Waals surface area contributed by atoms with E-state index in [9.17, 15) is 9.59 Å². The van der Waals surface area contributed by atoms with Crippen LogP contribution in [-0.4, -0.2) is 48.7 Å². The summed E-state index contributed by atoms with van der Waals surface area (Å²) in [6.07, 6.45) is -2.70. The Morgan fingerprint density at radius 1 is 1.03 bits per heavy atom. The van der Waals surface area contributed by atoms with Gasteiger partial charge in [0.2, 0.25) is 0 Å². The Labute approximate surface area is 212 Å². The molecule has 0 amide bonds. The van der Waals surface area contributed by atoms with Crippen LogP contribution in [0.1, 0.15) is 58.2 Å². The molecule has 2 saturated heterocycles. The van der Waals surface area contributed by atoms with Crippen LogP contribution in [0.2, 0.25) is 18.1 Å². The van der Waals surface area contributed by atoms with E-state index in [1.165, 1.54) is 10.6 Å². The molecule has 0 N–H and O–H groups in total. The van der Waals surface area contributed by atoms with Crippen LogP contribution in [0.4, 0.5) is 0 Å². The van der Waals surface area contributed by atoms with E-state index < -0.39 is 50.4 Å². The fraction of sp³-hybridized carbons (Fsp3) is 0.615. The van der Waals surface area contributed by atoms with Gasteiger partial charge in [-0.1, -0.05) is 32.9 Å². The Morgan fingerprint density at radius 2 is 1.67 bits per heavy atom. The number of methoxy groups -OCH3 is 1. The molecular weight excluding hydrogens is 480 g/mol. The standard InChI is InChI=1S/C26H36N2O7Si/c1-25(2,3)36(7,8)35-19-17-13-18(29)27(14-15-9-11-16(31-6)12-10-15)24(30)28(17)23-22-21(20(19)32-23)33-26(4,5)34-22/h9-13,19-23H,14H2,1-8H3/t19-,20+,21+,22+,23+/m0/s1. The van der Waals surface area contributed by atoms with Crippen LogP contribution < -0.4 is 16.0 Å². The van der Waals surface area contributed by atoms with Gasteiger partial charge < -0.3 is 23.4 Å². The van der Waals surface area contributed by atoms with Crippen LogP contribution >= 0.6 is 0 Å². The van der Waals surface area contributed by atoms with Gasteiger partial charge in [0.05, 0.1) is 19.3 Å². The van der Waals surface area contributed by atoms with Crippen molar-refractivity contribution >= 4 is 8.32 Å². The van der Waals surface area contributed by atoms with Crippen molar-refractivity contribution in [1.29, 1.82) is 0 Å². The summed E-state index contributed by atoms with van der Waals surface area (Å²) in [4.78, 5) is 27.2. The molecular formula is C26H36N2O7Si. The lowest BCUT2D eigenvalue weighted by atomic mass is 10.1. The molecule has 2 bridgehead atoms. The van der Waals surface area contributed by atoms with Gasteiger partial charge in [-0.25, -0.2) is 4.79 Å². The Bertz CT molecular complexity index is 1280. The van der Waals surface area contributed by atoms with E-state index >= 15 is 0 Å². The third-order valence-corrected chi connectivity index (χ3v) is 12.3. The van der Waals surface area contributed by atoms with E-state index in [4.69, 9.17) is 23.4 Å². The highest BCUT2D eigenvalue weighted by molar-refractivity contribution is 6.74. The molecule has 3 aliphatic heterocycles. The number of hydrogen-bond donors (Lipinski definition) is 0. The van der Waals surface area contributed by atoms with Gasteiger partial charge in [0.1, 0.15) is 30.2 Å². The molecule has 10 heteroatoms. The molecule has 4 heterocycles. The van der Waals surface area contributed by atoms with E-state index in [2.05, 4.69) is 33.9 Å². The highest BCUT2D eigenvalue weighted by atomic mass is 28.4. The summed E-state index contributed by atoms with van der Waals surface area (Å²) >= 11 is 0. The van der Waals surface area contributed by atoms with Gasteiger partial charge >= 0.3 is 5.69 Å². The van der Waals surface area contributed by atoms with Crippen molar-refractivity contribution in [2.45, 2.75) is 95.7 Å². The summed E-state index contributed by atoms with van der Waals surface area (Å²) in [5, 5.41) is -0.0807. The van der Waals surface area contributed by atoms with E-state index in [-0.39, 0.29) is 17.1 Å². The molecule has 2 fully saturated rings. The highest BCUT2D eigenvalue weighted by Crippen LogP contribution is 2.52. The second-order valence-electron chi connectivity index (χ2n) is 11.8. The van der Waals surface area contributed by atoms with Gasteiger partial charge in [-0.2, -0.15) is 0 Å². The summed E-state index contributed by atoms with van der Waals surface area (Å²) in [7, 11) is -0.718. The molecule has 196 valence electrons. The first-order chi connectivity index (χ1) is 16.7. The first-order valence-corrected chi connectivity index (χ1v) is 15.3. The molecule has 9 nitrogen and oxygen atoms in total. The number of benzene rings is 1. The number of aromatic nitrogens is 2. The zero-order valence-electron chi connectivity index (χ0n) is 22.2. The molecule has 0 spiro atoms. The lowest BCUT2D eigenvalue weighted by molar-refractivity contribution is -0.217. The highest BCUT2D eigenvalue weighted by Gasteiger charge is 2.62. The van der Waals surface area contributed by atoms with Crippen LogP contribution in [0, 0.1) is 0 Å². The summed E-state index contributed by atoms with van der Waals surface area (Å²) in [6, 6.07) is 8.82. The SMILES string of the molecule is COc1ccc(Cn2c(=O)cc3n(c2=O)[C@@H]2O[C@@H]([C@H]4OC(C)(C)O[C@H]42)[C@H]3O[Si](C)(C)C(C)(C)C)cc1. The molecule has 0 saturated carbocycles. The summed E-state index contributed by atoms with van der Waals surface area (Å²) in [6.45, 7) is 14.6. The number of ether oxygens (including phenoxy) is 4. The topological polar surface area (TPSA) is 90.2 Å². The fourth-order valence-electron chi connectivity index (χ4n) is 4.99. The Hall–Kier alpha value is -2.24. The van der Waals surface area contributed by atoms with Gasteiger partial charge in [-0.05, 0) is 49.7 Å². The normalized spacial score (nSPS) is 28.6. The molecule has 1 aromatic carbocycles. The number of nitrogens with zero attached hydrogens (tertiary/aromatic N) is 2. The Balaban J connectivity index is 1.62. The lowest BCUT2D eigenvalue weighted by Gasteiger charge is -2.43. The van der Waals surface area contributed by atoms with Crippen molar-refractivity contribution in [1.82, 2.24) is 9.13 Å². The van der Waals surface area contributed by atoms with Crippen LogP contribution in [0.25, 0.3) is 0 Å². The maximum atomic E-state index is 13.9. The largest absolute Gasteiger partial charge is 0.497 e. The average Bonchev–Trinajstić information content (AvgIpc) is 3.25. The van der Waals surface area contributed by atoms with Crippen LogP contribution in [0.3, 0.4) is 0 Å². The van der Waals surface area contributed by atoms with E-state index in [1.54, 1.807) is 23.8 Å². The second-order valence-corrected chi connectivity index (χ2v) is 16.6. The maximum Gasteiger partial charge on any atom is 0.333 e. The molecule has 0 radical (unpaired) electrons. The first-order valence-electron chi connectivity index (χ1n) is 12.4.